The molecule has 0 radical (unpaired) electrons. The van der Waals surface area contributed by atoms with Crippen LogP contribution in [0.25, 0.3) is 0 Å². The Bertz CT molecular complexity index is 508. The first-order chi connectivity index (χ1) is 10.6. The Hall–Kier alpha value is -1.68. The Morgan fingerprint density at radius 1 is 1.32 bits per heavy atom. The van der Waals surface area contributed by atoms with Crippen LogP contribution >= 0.6 is 0 Å². The van der Waals surface area contributed by atoms with Crippen molar-refractivity contribution in [3.63, 3.8) is 0 Å². The van der Waals surface area contributed by atoms with E-state index in [9.17, 15) is 9.59 Å². The van der Waals surface area contributed by atoms with E-state index in [1.54, 1.807) is 0 Å². The lowest BCUT2D eigenvalue weighted by Crippen LogP contribution is -2.47. The van der Waals surface area contributed by atoms with Gasteiger partial charge in [-0.25, -0.2) is 0 Å². The van der Waals surface area contributed by atoms with E-state index in [0.29, 0.717) is 6.42 Å². The smallest absolute Gasteiger partial charge is 0.241 e. The topological polar surface area (TPSA) is 49.4 Å². The lowest BCUT2D eigenvalue weighted by Gasteiger charge is -2.34. The first kappa shape index (κ1) is 16.7. The number of para-hydroxylation sites is 1. The van der Waals surface area contributed by atoms with E-state index in [-0.39, 0.29) is 11.9 Å². The molecule has 1 saturated heterocycles. The van der Waals surface area contributed by atoms with Crippen LogP contribution in [0.5, 0.6) is 0 Å². The number of aldehydes is 1. The van der Waals surface area contributed by atoms with E-state index < -0.39 is 0 Å². The Morgan fingerprint density at radius 3 is 2.73 bits per heavy atom. The lowest BCUT2D eigenvalue weighted by molar-refractivity contribution is -0.122. The Morgan fingerprint density at radius 2 is 2.05 bits per heavy atom. The summed E-state index contributed by atoms with van der Waals surface area (Å²) < 4.78 is 0. The lowest BCUT2D eigenvalue weighted by atomic mass is 10.00. The quantitative estimate of drug-likeness (QED) is 0.649. The zero-order valence-electron chi connectivity index (χ0n) is 13.6. The number of amides is 1. The largest absolute Gasteiger partial charge is 0.324 e. The third-order valence-corrected chi connectivity index (χ3v) is 4.41. The summed E-state index contributed by atoms with van der Waals surface area (Å²) in [6, 6.07) is 5.97. The maximum atomic E-state index is 12.7. The minimum atomic E-state index is -0.0700. The second-order valence-corrected chi connectivity index (χ2v) is 6.11. The molecule has 22 heavy (non-hydrogen) atoms. The fourth-order valence-corrected chi connectivity index (χ4v) is 3.15. The molecule has 2 rings (SSSR count). The van der Waals surface area contributed by atoms with Crippen LogP contribution in [0.1, 0.15) is 43.2 Å². The number of hydrogen-bond acceptors (Lipinski definition) is 3. The van der Waals surface area contributed by atoms with Gasteiger partial charge in [0, 0.05) is 12.1 Å². The van der Waals surface area contributed by atoms with Crippen LogP contribution in [-0.2, 0) is 9.59 Å². The fraction of sp³-hybridized carbons (Fsp3) is 0.556. The van der Waals surface area contributed by atoms with Crippen molar-refractivity contribution in [2.45, 2.75) is 52.0 Å². The van der Waals surface area contributed by atoms with Crippen molar-refractivity contribution in [2.24, 2.45) is 0 Å². The first-order valence-electron chi connectivity index (χ1n) is 8.18. The molecular formula is C18H26N2O2. The highest BCUT2D eigenvalue weighted by atomic mass is 16.2. The minimum absolute atomic E-state index is 0.0700. The SMILES string of the molecule is Cc1cccc(C)c1NC(=O)C1CCCCN1CCCC=O. The molecule has 4 heteroatoms. The molecule has 1 aromatic carbocycles. The molecule has 1 atom stereocenters. The van der Waals surface area contributed by atoms with E-state index >= 15 is 0 Å². The average molecular weight is 302 g/mol. The highest BCUT2D eigenvalue weighted by Gasteiger charge is 2.28. The van der Waals surface area contributed by atoms with Gasteiger partial charge in [-0.2, -0.15) is 0 Å². The van der Waals surface area contributed by atoms with Crippen LogP contribution in [0, 0.1) is 13.8 Å². The van der Waals surface area contributed by atoms with Gasteiger partial charge in [0.15, 0.2) is 0 Å². The third kappa shape index (κ3) is 4.17. The molecule has 0 aromatic heterocycles. The maximum absolute atomic E-state index is 12.7. The monoisotopic (exact) mass is 302 g/mol. The van der Waals surface area contributed by atoms with Crippen LogP contribution in [0.2, 0.25) is 0 Å². The number of anilines is 1. The van der Waals surface area contributed by atoms with E-state index in [2.05, 4.69) is 10.2 Å². The van der Waals surface area contributed by atoms with Crippen molar-refractivity contribution in [3.8, 4) is 0 Å². The number of piperidine rings is 1. The zero-order chi connectivity index (χ0) is 15.9. The van der Waals surface area contributed by atoms with Crippen molar-refractivity contribution in [1.29, 1.82) is 0 Å². The normalized spacial score (nSPS) is 18.9. The molecule has 0 spiro atoms. The Labute approximate surface area is 132 Å². The van der Waals surface area contributed by atoms with E-state index in [1.807, 2.05) is 32.0 Å². The van der Waals surface area contributed by atoms with Crippen LogP contribution in [0.15, 0.2) is 18.2 Å². The second kappa shape index (κ2) is 8.08. The molecule has 1 heterocycles. The van der Waals surface area contributed by atoms with Crippen molar-refractivity contribution in [3.05, 3.63) is 29.3 Å². The molecular weight excluding hydrogens is 276 g/mol. The summed E-state index contributed by atoms with van der Waals surface area (Å²) in [7, 11) is 0. The van der Waals surface area contributed by atoms with Gasteiger partial charge in [0.1, 0.15) is 6.29 Å². The molecule has 0 saturated carbocycles. The predicted octanol–water partition coefficient (Wildman–Crippen LogP) is 3.08. The zero-order valence-corrected chi connectivity index (χ0v) is 13.6. The molecule has 1 unspecified atom stereocenters. The molecule has 1 fully saturated rings. The van der Waals surface area contributed by atoms with Gasteiger partial charge in [0.2, 0.25) is 5.91 Å². The molecule has 1 aliphatic heterocycles. The van der Waals surface area contributed by atoms with E-state index in [4.69, 9.17) is 0 Å². The van der Waals surface area contributed by atoms with Crippen LogP contribution in [-0.4, -0.2) is 36.2 Å². The van der Waals surface area contributed by atoms with Gasteiger partial charge >= 0.3 is 0 Å². The standard InChI is InChI=1S/C18H26N2O2/c1-14-8-7-9-15(2)17(14)19-18(22)16-10-3-4-11-20(16)12-5-6-13-21/h7-9,13,16H,3-6,10-12H2,1-2H3,(H,19,22). The summed E-state index contributed by atoms with van der Waals surface area (Å²) >= 11 is 0. The first-order valence-corrected chi connectivity index (χ1v) is 8.18. The number of benzene rings is 1. The fourth-order valence-electron chi connectivity index (χ4n) is 3.15. The molecule has 0 aliphatic carbocycles. The summed E-state index contributed by atoms with van der Waals surface area (Å²) in [6.07, 6.45) is 5.48. The van der Waals surface area contributed by atoms with Gasteiger partial charge in [0.25, 0.3) is 0 Å². The summed E-state index contributed by atoms with van der Waals surface area (Å²) in [4.78, 5) is 25.4. The summed E-state index contributed by atoms with van der Waals surface area (Å²) in [5, 5.41) is 3.12. The van der Waals surface area contributed by atoms with Crippen molar-refractivity contribution in [1.82, 2.24) is 4.90 Å². The summed E-state index contributed by atoms with van der Waals surface area (Å²) in [5.74, 6) is 0.0863. The van der Waals surface area contributed by atoms with Crippen molar-refractivity contribution < 1.29 is 9.59 Å². The number of hydrogen-bond donors (Lipinski definition) is 1. The number of likely N-dealkylation sites (tertiary alicyclic amines) is 1. The number of nitrogens with one attached hydrogen (secondary N) is 1. The number of unbranched alkanes of at least 4 members (excludes halogenated alkanes) is 1. The molecule has 1 aliphatic rings. The van der Waals surface area contributed by atoms with Crippen molar-refractivity contribution >= 4 is 17.9 Å². The van der Waals surface area contributed by atoms with Gasteiger partial charge in [-0.05, 0) is 57.3 Å². The number of rotatable bonds is 6. The molecule has 4 nitrogen and oxygen atoms in total. The average Bonchev–Trinajstić information content (AvgIpc) is 2.51. The van der Waals surface area contributed by atoms with Crippen LogP contribution in [0.3, 0.4) is 0 Å². The molecule has 1 N–H and O–H groups in total. The van der Waals surface area contributed by atoms with Crippen LogP contribution in [0.4, 0.5) is 5.69 Å². The van der Waals surface area contributed by atoms with Gasteiger partial charge in [-0.15, -0.1) is 0 Å². The number of carbonyl (C=O) groups excluding carboxylic acids is 2. The molecule has 120 valence electrons. The number of nitrogens with zero attached hydrogens (tertiary/aromatic N) is 1. The van der Waals surface area contributed by atoms with Gasteiger partial charge < -0.3 is 10.1 Å². The maximum Gasteiger partial charge on any atom is 0.241 e. The summed E-state index contributed by atoms with van der Waals surface area (Å²) in [6.45, 7) is 5.81. The Balaban J connectivity index is 2.04. The van der Waals surface area contributed by atoms with Gasteiger partial charge in [0.05, 0.1) is 6.04 Å². The Kier molecular flexibility index (Phi) is 6.13. The predicted molar refractivity (Wildman–Crippen MR) is 89.1 cm³/mol. The highest BCUT2D eigenvalue weighted by Crippen LogP contribution is 2.23. The highest BCUT2D eigenvalue weighted by molar-refractivity contribution is 5.96. The van der Waals surface area contributed by atoms with Gasteiger partial charge in [-0.1, -0.05) is 24.6 Å². The number of carbonyl (C=O) groups is 2. The molecule has 1 amide bonds. The minimum Gasteiger partial charge on any atom is -0.324 e. The molecule has 0 bridgehead atoms. The summed E-state index contributed by atoms with van der Waals surface area (Å²) in [5.41, 5.74) is 3.12. The molecule has 1 aromatic rings. The third-order valence-electron chi connectivity index (χ3n) is 4.41. The van der Waals surface area contributed by atoms with E-state index in [0.717, 1.165) is 61.9 Å². The number of aryl methyl sites for hydroxylation is 2. The second-order valence-electron chi connectivity index (χ2n) is 6.11. The van der Waals surface area contributed by atoms with E-state index in [1.165, 1.54) is 0 Å². The van der Waals surface area contributed by atoms with Crippen LogP contribution < -0.4 is 5.32 Å². The van der Waals surface area contributed by atoms with Crippen molar-refractivity contribution in [2.75, 3.05) is 18.4 Å². The van der Waals surface area contributed by atoms with Gasteiger partial charge in [-0.3, -0.25) is 9.69 Å².